The second-order valence-corrected chi connectivity index (χ2v) is 6.16. The van der Waals surface area contributed by atoms with Gasteiger partial charge in [0, 0.05) is 28.3 Å². The number of fused-ring (bicyclic) bond motifs is 1. The normalized spacial score (nSPS) is 10.8. The van der Waals surface area contributed by atoms with E-state index < -0.39 is 5.91 Å². The lowest BCUT2D eigenvalue weighted by molar-refractivity contribution is 0.100. The van der Waals surface area contributed by atoms with Crippen molar-refractivity contribution in [3.63, 3.8) is 0 Å². The van der Waals surface area contributed by atoms with Crippen molar-refractivity contribution < 1.29 is 4.79 Å². The number of nitrogens with two attached hydrogens (primary N) is 1. The van der Waals surface area contributed by atoms with Gasteiger partial charge in [0.2, 0.25) is 0 Å². The van der Waals surface area contributed by atoms with E-state index in [9.17, 15) is 4.79 Å². The van der Waals surface area contributed by atoms with E-state index >= 15 is 0 Å². The minimum atomic E-state index is -0.477. The van der Waals surface area contributed by atoms with Crippen LogP contribution in [0.2, 0.25) is 5.02 Å². The van der Waals surface area contributed by atoms with E-state index in [-0.39, 0.29) is 0 Å². The number of para-hydroxylation sites is 1. The summed E-state index contributed by atoms with van der Waals surface area (Å²) in [5.74, 6) is -0.477. The Kier molecular flexibility index (Phi) is 4.40. The predicted molar refractivity (Wildman–Crippen MR) is 98.5 cm³/mol. The van der Waals surface area contributed by atoms with Crippen LogP contribution >= 0.6 is 11.6 Å². The van der Waals surface area contributed by atoms with Gasteiger partial charge in [-0.1, -0.05) is 35.9 Å². The van der Waals surface area contributed by atoms with E-state index in [2.05, 4.69) is 10.3 Å². The summed E-state index contributed by atoms with van der Waals surface area (Å²) < 4.78 is 0. The molecule has 24 heavy (non-hydrogen) atoms. The molecular weight excluding hydrogens is 322 g/mol. The summed E-state index contributed by atoms with van der Waals surface area (Å²) >= 11 is 6.18. The Bertz CT molecular complexity index is 937. The zero-order valence-electron chi connectivity index (χ0n) is 13.6. The molecule has 0 spiro atoms. The van der Waals surface area contributed by atoms with Gasteiger partial charge in [-0.25, -0.2) is 0 Å². The van der Waals surface area contributed by atoms with Crippen molar-refractivity contribution in [3.8, 4) is 0 Å². The monoisotopic (exact) mass is 339 g/mol. The van der Waals surface area contributed by atoms with E-state index in [1.807, 2.05) is 50.2 Å². The average molecular weight is 340 g/mol. The highest BCUT2D eigenvalue weighted by molar-refractivity contribution is 6.31. The quantitative estimate of drug-likeness (QED) is 0.748. The largest absolute Gasteiger partial charge is 0.380 e. The second-order valence-electron chi connectivity index (χ2n) is 5.75. The van der Waals surface area contributed by atoms with E-state index in [1.54, 1.807) is 6.07 Å². The highest BCUT2D eigenvalue weighted by Crippen LogP contribution is 2.27. The molecule has 1 heterocycles. The third-order valence-corrected chi connectivity index (χ3v) is 4.49. The molecule has 0 aliphatic rings. The van der Waals surface area contributed by atoms with Crippen LogP contribution in [-0.2, 0) is 6.54 Å². The van der Waals surface area contributed by atoms with Crippen LogP contribution in [0.1, 0.15) is 27.2 Å². The Morgan fingerprint density at radius 3 is 2.71 bits per heavy atom. The van der Waals surface area contributed by atoms with Crippen molar-refractivity contribution in [3.05, 3.63) is 69.9 Å². The number of nitrogens with zero attached hydrogens (tertiary/aromatic N) is 1. The molecule has 5 heteroatoms. The molecule has 0 atom stereocenters. The lowest BCUT2D eigenvalue weighted by Crippen LogP contribution is -2.12. The summed E-state index contributed by atoms with van der Waals surface area (Å²) in [5.41, 5.74) is 10.4. The molecule has 0 fully saturated rings. The number of carbonyl (C=O) groups is 1. The summed E-state index contributed by atoms with van der Waals surface area (Å²) in [6.07, 6.45) is 0. The summed E-state index contributed by atoms with van der Waals surface area (Å²) in [7, 11) is 0. The number of pyridine rings is 1. The number of hydrogen-bond acceptors (Lipinski definition) is 3. The maximum atomic E-state index is 11.6. The molecule has 0 saturated carbocycles. The number of carbonyl (C=O) groups excluding carboxylic acids is 1. The molecule has 0 bridgehead atoms. The third-order valence-electron chi connectivity index (χ3n) is 4.08. The van der Waals surface area contributed by atoms with E-state index in [0.717, 1.165) is 32.9 Å². The average Bonchev–Trinajstić information content (AvgIpc) is 2.55. The lowest BCUT2D eigenvalue weighted by atomic mass is 10.1. The number of hydrogen-bond donors (Lipinski definition) is 2. The van der Waals surface area contributed by atoms with Crippen LogP contribution in [0, 0.1) is 13.8 Å². The molecule has 3 rings (SSSR count). The number of aromatic nitrogens is 1. The van der Waals surface area contributed by atoms with E-state index in [0.29, 0.717) is 17.6 Å². The number of nitrogens with one attached hydrogen (secondary N) is 1. The number of halogens is 1. The maximum absolute atomic E-state index is 11.6. The predicted octanol–water partition coefficient (Wildman–Crippen LogP) is 4.22. The van der Waals surface area contributed by atoms with Gasteiger partial charge in [0.1, 0.15) is 0 Å². The first-order valence-electron chi connectivity index (χ1n) is 7.65. The first-order chi connectivity index (χ1) is 11.5. The molecular formula is C19H18ClN3O. The fourth-order valence-corrected chi connectivity index (χ4v) is 2.95. The zero-order valence-corrected chi connectivity index (χ0v) is 14.3. The summed E-state index contributed by atoms with van der Waals surface area (Å²) in [5, 5.41) is 5.05. The number of benzene rings is 2. The minimum Gasteiger partial charge on any atom is -0.380 e. The van der Waals surface area contributed by atoms with Gasteiger partial charge in [0.25, 0.3) is 5.91 Å². The van der Waals surface area contributed by atoms with Crippen molar-refractivity contribution >= 4 is 34.1 Å². The van der Waals surface area contributed by atoms with Crippen LogP contribution < -0.4 is 11.1 Å². The van der Waals surface area contributed by atoms with Crippen molar-refractivity contribution in [1.29, 1.82) is 0 Å². The molecule has 122 valence electrons. The minimum absolute atomic E-state index is 0.429. The summed E-state index contributed by atoms with van der Waals surface area (Å²) in [4.78, 5) is 16.1. The number of anilines is 1. The van der Waals surface area contributed by atoms with Crippen LogP contribution in [-0.4, -0.2) is 10.9 Å². The molecule has 0 saturated heterocycles. The van der Waals surface area contributed by atoms with Crippen molar-refractivity contribution in [2.45, 2.75) is 20.4 Å². The Labute approximate surface area is 145 Å². The van der Waals surface area contributed by atoms with Crippen molar-refractivity contribution in [2.24, 2.45) is 5.73 Å². The Morgan fingerprint density at radius 1 is 1.21 bits per heavy atom. The van der Waals surface area contributed by atoms with Crippen LogP contribution in [0.25, 0.3) is 10.9 Å². The molecule has 0 unspecified atom stereocenters. The van der Waals surface area contributed by atoms with Crippen LogP contribution in [0.4, 0.5) is 5.69 Å². The van der Waals surface area contributed by atoms with Gasteiger partial charge in [-0.3, -0.25) is 9.78 Å². The Morgan fingerprint density at radius 2 is 1.96 bits per heavy atom. The van der Waals surface area contributed by atoms with Gasteiger partial charge >= 0.3 is 0 Å². The first-order valence-corrected chi connectivity index (χ1v) is 8.03. The third kappa shape index (κ3) is 3.05. The number of amides is 1. The van der Waals surface area contributed by atoms with Gasteiger partial charge in [-0.15, -0.1) is 0 Å². The molecule has 0 radical (unpaired) electrons. The van der Waals surface area contributed by atoms with Gasteiger partial charge in [0.05, 0.1) is 11.1 Å². The van der Waals surface area contributed by atoms with Gasteiger partial charge in [0.15, 0.2) is 0 Å². The second kappa shape index (κ2) is 6.49. The molecule has 3 aromatic rings. The standard InChI is InChI=1S/C19H18ClN3O/c1-11-9-17(22-10-13-5-3-8-16(20)12(13)2)14-6-4-7-15(19(21)24)18(14)23-11/h3-9H,10H2,1-2H3,(H2,21,24)(H,22,23). The van der Waals surface area contributed by atoms with Gasteiger partial charge < -0.3 is 11.1 Å². The van der Waals surface area contributed by atoms with Crippen LogP contribution in [0.3, 0.4) is 0 Å². The summed E-state index contributed by atoms with van der Waals surface area (Å²) in [6, 6.07) is 13.3. The molecule has 1 amide bonds. The van der Waals surface area contributed by atoms with E-state index in [1.165, 1.54) is 0 Å². The highest BCUT2D eigenvalue weighted by Gasteiger charge is 2.12. The molecule has 0 aliphatic heterocycles. The number of aryl methyl sites for hydroxylation is 1. The zero-order chi connectivity index (χ0) is 17.3. The first kappa shape index (κ1) is 16.3. The number of primary amides is 1. The SMILES string of the molecule is Cc1cc(NCc2cccc(Cl)c2C)c2cccc(C(N)=O)c2n1. The lowest BCUT2D eigenvalue weighted by Gasteiger charge is -2.14. The Hall–Kier alpha value is -2.59. The van der Waals surface area contributed by atoms with Gasteiger partial charge in [-0.2, -0.15) is 0 Å². The molecule has 1 aromatic heterocycles. The number of rotatable bonds is 4. The fourth-order valence-electron chi connectivity index (χ4n) is 2.76. The van der Waals surface area contributed by atoms with E-state index in [4.69, 9.17) is 17.3 Å². The molecule has 2 aromatic carbocycles. The fraction of sp³-hybridized carbons (Fsp3) is 0.158. The van der Waals surface area contributed by atoms with Gasteiger partial charge in [-0.05, 0) is 43.2 Å². The van der Waals surface area contributed by atoms with Crippen molar-refractivity contribution in [2.75, 3.05) is 5.32 Å². The Balaban J connectivity index is 2.02. The van der Waals surface area contributed by atoms with Crippen molar-refractivity contribution in [1.82, 2.24) is 4.98 Å². The molecule has 3 N–H and O–H groups in total. The van der Waals surface area contributed by atoms with Crippen LogP contribution in [0.5, 0.6) is 0 Å². The molecule has 0 aliphatic carbocycles. The maximum Gasteiger partial charge on any atom is 0.250 e. The highest BCUT2D eigenvalue weighted by atomic mass is 35.5. The topological polar surface area (TPSA) is 68.0 Å². The smallest absolute Gasteiger partial charge is 0.250 e. The summed E-state index contributed by atoms with van der Waals surface area (Å²) in [6.45, 7) is 4.53. The van der Waals surface area contributed by atoms with Crippen LogP contribution in [0.15, 0.2) is 42.5 Å². The molecule has 4 nitrogen and oxygen atoms in total.